The molecule has 1 aliphatic rings. The van der Waals surface area contributed by atoms with Crippen molar-refractivity contribution >= 4 is 23.7 Å². The first-order chi connectivity index (χ1) is 7.68. The smallest absolute Gasteiger partial charge is 0.410 e. The molecule has 0 aromatic rings. The number of halogens is 1. The molecule has 0 unspecified atom stereocenters. The monoisotopic (exact) mass is 265 g/mol. The minimum atomic E-state index is -1.66. The largest absolute Gasteiger partial charge is 0.447 e. The maximum absolute atomic E-state index is 11.5. The van der Waals surface area contributed by atoms with Gasteiger partial charge in [0.1, 0.15) is 5.60 Å². The molecule has 0 aromatic carbocycles. The predicted octanol–water partition coefficient (Wildman–Crippen LogP) is 0.708. The zero-order valence-electron chi connectivity index (χ0n) is 10.0. The van der Waals surface area contributed by atoms with E-state index in [0.717, 1.165) is 0 Å². The van der Waals surface area contributed by atoms with Gasteiger partial charge in [0.25, 0.3) is 0 Å². The van der Waals surface area contributed by atoms with Crippen LogP contribution in [-0.4, -0.2) is 52.4 Å². The summed E-state index contributed by atoms with van der Waals surface area (Å²) in [6.07, 6.45) is -0.569. The van der Waals surface area contributed by atoms with Gasteiger partial charge in [0, 0.05) is 0 Å². The molecule has 0 saturated carbocycles. The molecule has 0 aliphatic carbocycles. The Bertz CT molecular complexity index is 319. The van der Waals surface area contributed by atoms with Crippen molar-refractivity contribution in [3.63, 3.8) is 0 Å². The number of esters is 1. The van der Waals surface area contributed by atoms with E-state index in [1.54, 1.807) is 20.8 Å². The van der Waals surface area contributed by atoms with Crippen molar-refractivity contribution in [3.05, 3.63) is 0 Å². The molecule has 1 fully saturated rings. The van der Waals surface area contributed by atoms with Gasteiger partial charge in [-0.2, -0.15) is 0 Å². The average molecular weight is 266 g/mol. The lowest BCUT2D eigenvalue weighted by Gasteiger charge is -2.43. The third kappa shape index (κ3) is 3.47. The van der Waals surface area contributed by atoms with Crippen LogP contribution in [0.2, 0.25) is 0 Å². The molecule has 1 amide bonds. The molecule has 1 rings (SSSR count). The van der Waals surface area contributed by atoms with E-state index in [-0.39, 0.29) is 19.2 Å². The topological polar surface area (TPSA) is 76.1 Å². The predicted molar refractivity (Wildman–Crippen MR) is 59.6 cm³/mol. The SMILES string of the molecule is CC(C)(C)OC(=O)N1CC(O)(C(=O)OCCl)C1. The van der Waals surface area contributed by atoms with Gasteiger partial charge in [-0.25, -0.2) is 9.59 Å². The summed E-state index contributed by atoms with van der Waals surface area (Å²) in [5.74, 6) is -0.827. The normalized spacial score (nSPS) is 18.3. The fraction of sp³-hybridized carbons (Fsp3) is 0.800. The van der Waals surface area contributed by atoms with Crippen LogP contribution in [0.5, 0.6) is 0 Å². The molecule has 1 aliphatic heterocycles. The molecule has 7 heteroatoms. The number of carbonyl (C=O) groups excluding carboxylic acids is 2. The number of ether oxygens (including phenoxy) is 2. The number of carbonyl (C=O) groups is 2. The second kappa shape index (κ2) is 4.70. The van der Waals surface area contributed by atoms with Crippen molar-refractivity contribution in [2.45, 2.75) is 32.0 Å². The Morgan fingerprint density at radius 3 is 2.35 bits per heavy atom. The quantitative estimate of drug-likeness (QED) is 0.588. The van der Waals surface area contributed by atoms with Gasteiger partial charge in [0.2, 0.25) is 0 Å². The minimum absolute atomic E-state index is 0.141. The standard InChI is InChI=1S/C10H16ClNO5/c1-9(2,3)17-8(14)12-4-10(15,5-12)7(13)16-6-11/h15H,4-6H2,1-3H3. The highest BCUT2D eigenvalue weighted by Gasteiger charge is 2.52. The molecule has 0 spiro atoms. The molecule has 0 radical (unpaired) electrons. The highest BCUT2D eigenvalue weighted by molar-refractivity contribution is 6.17. The van der Waals surface area contributed by atoms with Crippen LogP contribution >= 0.6 is 11.6 Å². The van der Waals surface area contributed by atoms with Gasteiger partial charge in [0.15, 0.2) is 11.7 Å². The Balaban J connectivity index is 2.45. The third-order valence-electron chi connectivity index (χ3n) is 2.12. The Morgan fingerprint density at radius 2 is 1.94 bits per heavy atom. The number of amides is 1. The van der Waals surface area contributed by atoms with Crippen molar-refractivity contribution in [2.75, 3.05) is 19.2 Å². The lowest BCUT2D eigenvalue weighted by Crippen LogP contribution is -2.68. The van der Waals surface area contributed by atoms with Crippen LogP contribution in [0, 0.1) is 0 Å². The number of nitrogens with zero attached hydrogens (tertiary/aromatic N) is 1. The summed E-state index contributed by atoms with van der Waals surface area (Å²) >= 11 is 5.21. The molecule has 17 heavy (non-hydrogen) atoms. The Morgan fingerprint density at radius 1 is 1.41 bits per heavy atom. The summed E-state index contributed by atoms with van der Waals surface area (Å²) in [7, 11) is 0. The number of aliphatic hydroxyl groups is 1. The molecule has 0 aromatic heterocycles. The number of alkyl halides is 1. The Hall–Kier alpha value is -1.01. The fourth-order valence-corrected chi connectivity index (χ4v) is 1.45. The lowest BCUT2D eigenvalue weighted by atomic mass is 9.95. The third-order valence-corrected chi connectivity index (χ3v) is 2.23. The van der Waals surface area contributed by atoms with Gasteiger partial charge in [0.05, 0.1) is 13.1 Å². The summed E-state index contributed by atoms with van der Waals surface area (Å²) < 4.78 is 9.55. The van der Waals surface area contributed by atoms with Crippen LogP contribution in [0.4, 0.5) is 4.79 Å². The number of hydrogen-bond donors (Lipinski definition) is 1. The van der Waals surface area contributed by atoms with Gasteiger partial charge in [-0.15, -0.1) is 0 Å². The second-order valence-electron chi connectivity index (χ2n) is 4.91. The molecule has 0 atom stereocenters. The van der Waals surface area contributed by atoms with E-state index >= 15 is 0 Å². The first-order valence-corrected chi connectivity index (χ1v) is 5.65. The van der Waals surface area contributed by atoms with Gasteiger partial charge in [-0.3, -0.25) is 0 Å². The van der Waals surface area contributed by atoms with E-state index in [9.17, 15) is 14.7 Å². The van der Waals surface area contributed by atoms with Crippen molar-refractivity contribution in [1.29, 1.82) is 0 Å². The Kier molecular flexibility index (Phi) is 3.88. The number of likely N-dealkylation sites (tertiary alicyclic amines) is 1. The van der Waals surface area contributed by atoms with E-state index < -0.39 is 23.3 Å². The zero-order valence-corrected chi connectivity index (χ0v) is 10.8. The van der Waals surface area contributed by atoms with Crippen LogP contribution in [0.3, 0.4) is 0 Å². The summed E-state index contributed by atoms with van der Waals surface area (Å²) in [5, 5.41) is 9.74. The molecule has 98 valence electrons. The van der Waals surface area contributed by atoms with Gasteiger partial charge < -0.3 is 19.5 Å². The summed E-state index contributed by atoms with van der Waals surface area (Å²) in [5.41, 5.74) is -2.27. The van der Waals surface area contributed by atoms with E-state index in [2.05, 4.69) is 4.74 Å². The fourth-order valence-electron chi connectivity index (χ4n) is 1.35. The van der Waals surface area contributed by atoms with Crippen LogP contribution in [-0.2, 0) is 14.3 Å². The van der Waals surface area contributed by atoms with Gasteiger partial charge in [-0.05, 0) is 20.8 Å². The molecular formula is C10H16ClNO5. The van der Waals surface area contributed by atoms with Crippen molar-refractivity contribution in [2.24, 2.45) is 0 Å². The minimum Gasteiger partial charge on any atom is -0.447 e. The van der Waals surface area contributed by atoms with Crippen LogP contribution in [0.25, 0.3) is 0 Å². The lowest BCUT2D eigenvalue weighted by molar-refractivity contribution is -0.180. The highest BCUT2D eigenvalue weighted by atomic mass is 35.5. The summed E-state index contributed by atoms with van der Waals surface area (Å²) in [4.78, 5) is 24.0. The molecule has 6 nitrogen and oxygen atoms in total. The molecule has 1 heterocycles. The van der Waals surface area contributed by atoms with Crippen molar-refractivity contribution in [1.82, 2.24) is 4.90 Å². The first-order valence-electron chi connectivity index (χ1n) is 5.11. The van der Waals surface area contributed by atoms with E-state index in [4.69, 9.17) is 16.3 Å². The van der Waals surface area contributed by atoms with E-state index in [1.165, 1.54) is 4.90 Å². The molecule has 1 saturated heterocycles. The van der Waals surface area contributed by atoms with E-state index in [0.29, 0.717) is 0 Å². The molecular weight excluding hydrogens is 250 g/mol. The van der Waals surface area contributed by atoms with Gasteiger partial charge >= 0.3 is 12.1 Å². The Labute approximate surface area is 104 Å². The van der Waals surface area contributed by atoms with Crippen LogP contribution in [0.15, 0.2) is 0 Å². The number of hydrogen-bond acceptors (Lipinski definition) is 5. The van der Waals surface area contributed by atoms with Crippen molar-refractivity contribution < 1.29 is 24.2 Å². The molecule has 0 bridgehead atoms. The highest BCUT2D eigenvalue weighted by Crippen LogP contribution is 2.24. The second-order valence-corrected chi connectivity index (χ2v) is 5.13. The van der Waals surface area contributed by atoms with E-state index in [1.807, 2.05) is 0 Å². The maximum atomic E-state index is 11.5. The number of rotatable bonds is 2. The summed E-state index contributed by atoms with van der Waals surface area (Å²) in [6.45, 7) is 4.92. The van der Waals surface area contributed by atoms with Crippen molar-refractivity contribution in [3.8, 4) is 0 Å². The zero-order chi connectivity index (χ0) is 13.3. The number of β-amino-alcohol motifs (C(OH)–C–C–N with tert-alkyl or cyclic N) is 1. The average Bonchev–Trinajstić information content (AvgIpc) is 2.10. The summed E-state index contributed by atoms with van der Waals surface area (Å²) in [6, 6.07) is -0.326. The van der Waals surface area contributed by atoms with Crippen LogP contribution in [0.1, 0.15) is 20.8 Å². The van der Waals surface area contributed by atoms with Gasteiger partial charge in [-0.1, -0.05) is 11.6 Å². The first kappa shape index (κ1) is 14.1. The maximum Gasteiger partial charge on any atom is 0.410 e. The molecule has 1 N–H and O–H groups in total. The van der Waals surface area contributed by atoms with Crippen LogP contribution < -0.4 is 0 Å².